The summed E-state index contributed by atoms with van der Waals surface area (Å²) in [7, 11) is 4.02. The first-order valence-electron chi connectivity index (χ1n) is 6.32. The van der Waals surface area contributed by atoms with Crippen LogP contribution in [0.2, 0.25) is 0 Å². The average molecular weight is 225 g/mol. The predicted molar refractivity (Wildman–Crippen MR) is 64.3 cm³/mol. The topological polar surface area (TPSA) is 35.6 Å². The Bertz CT molecular complexity index is 241. The van der Waals surface area contributed by atoms with Crippen LogP contribution in [0.1, 0.15) is 19.3 Å². The van der Waals surface area contributed by atoms with Crippen molar-refractivity contribution in [3.8, 4) is 0 Å². The monoisotopic (exact) mass is 225 g/mol. The Labute approximate surface area is 98.0 Å². The second-order valence-corrected chi connectivity index (χ2v) is 5.31. The molecule has 2 atom stereocenters. The molecule has 1 N–H and O–H groups in total. The summed E-state index contributed by atoms with van der Waals surface area (Å²) >= 11 is 0. The number of piperidine rings is 1. The first-order valence-corrected chi connectivity index (χ1v) is 6.32. The van der Waals surface area contributed by atoms with E-state index in [2.05, 4.69) is 15.1 Å². The third-order valence-corrected chi connectivity index (χ3v) is 3.72. The molecule has 16 heavy (non-hydrogen) atoms. The standard InChI is InChI=1S/C12H23N3O/c1-14(2)7-5-12(16)15-8-10-4-3-6-13-11(10)9-15/h10-11,13H,3-9H2,1-2H3/t10-,11+/m0/s1. The second kappa shape index (κ2) is 5.15. The van der Waals surface area contributed by atoms with Gasteiger partial charge in [0, 0.05) is 32.1 Å². The number of hydrogen-bond acceptors (Lipinski definition) is 3. The molecule has 0 aromatic carbocycles. The lowest BCUT2D eigenvalue weighted by molar-refractivity contribution is -0.130. The van der Waals surface area contributed by atoms with Gasteiger partial charge in [-0.05, 0) is 39.4 Å². The molecule has 0 saturated carbocycles. The van der Waals surface area contributed by atoms with E-state index >= 15 is 0 Å². The maximum absolute atomic E-state index is 12.0. The van der Waals surface area contributed by atoms with E-state index in [9.17, 15) is 4.79 Å². The van der Waals surface area contributed by atoms with E-state index < -0.39 is 0 Å². The van der Waals surface area contributed by atoms with Gasteiger partial charge in [0.05, 0.1) is 0 Å². The minimum absolute atomic E-state index is 0.324. The predicted octanol–water partition coefficient (Wildman–Crippen LogP) is 0.149. The molecular weight excluding hydrogens is 202 g/mol. The largest absolute Gasteiger partial charge is 0.341 e. The van der Waals surface area contributed by atoms with Crippen LogP contribution in [0.25, 0.3) is 0 Å². The molecule has 0 aromatic rings. The summed E-state index contributed by atoms with van der Waals surface area (Å²) in [5, 5.41) is 3.53. The van der Waals surface area contributed by atoms with Crippen LogP contribution in [0.15, 0.2) is 0 Å². The molecule has 0 aromatic heterocycles. The third kappa shape index (κ3) is 2.74. The highest BCUT2D eigenvalue weighted by molar-refractivity contribution is 5.76. The molecule has 92 valence electrons. The molecule has 0 unspecified atom stereocenters. The lowest BCUT2D eigenvalue weighted by atomic mass is 9.94. The normalized spacial score (nSPS) is 29.6. The van der Waals surface area contributed by atoms with Crippen molar-refractivity contribution in [2.24, 2.45) is 5.92 Å². The van der Waals surface area contributed by atoms with Gasteiger partial charge in [-0.25, -0.2) is 0 Å². The molecule has 2 heterocycles. The van der Waals surface area contributed by atoms with Gasteiger partial charge in [0.25, 0.3) is 0 Å². The average Bonchev–Trinajstić information content (AvgIpc) is 2.69. The van der Waals surface area contributed by atoms with E-state index in [-0.39, 0.29) is 0 Å². The van der Waals surface area contributed by atoms with Gasteiger partial charge in [0.1, 0.15) is 0 Å². The Kier molecular flexibility index (Phi) is 3.82. The Hall–Kier alpha value is -0.610. The fourth-order valence-electron chi connectivity index (χ4n) is 2.73. The van der Waals surface area contributed by atoms with Crippen molar-refractivity contribution < 1.29 is 4.79 Å². The Balaban J connectivity index is 1.80. The van der Waals surface area contributed by atoms with Gasteiger partial charge >= 0.3 is 0 Å². The molecule has 0 aliphatic carbocycles. The fourth-order valence-corrected chi connectivity index (χ4v) is 2.73. The molecular formula is C12H23N3O. The van der Waals surface area contributed by atoms with Crippen LogP contribution in [0, 0.1) is 5.92 Å². The number of carbonyl (C=O) groups is 1. The van der Waals surface area contributed by atoms with Crippen LogP contribution in [-0.4, -0.2) is 62.0 Å². The number of hydrogen-bond donors (Lipinski definition) is 1. The summed E-state index contributed by atoms with van der Waals surface area (Å²) in [6.45, 7) is 3.89. The van der Waals surface area contributed by atoms with Crippen LogP contribution in [0.3, 0.4) is 0 Å². The summed E-state index contributed by atoms with van der Waals surface area (Å²) in [4.78, 5) is 16.1. The molecule has 2 rings (SSSR count). The van der Waals surface area contributed by atoms with Crippen LogP contribution in [0.5, 0.6) is 0 Å². The number of nitrogens with zero attached hydrogens (tertiary/aromatic N) is 2. The van der Waals surface area contributed by atoms with E-state index in [4.69, 9.17) is 0 Å². The van der Waals surface area contributed by atoms with Crippen molar-refractivity contribution in [1.82, 2.24) is 15.1 Å². The summed E-state index contributed by atoms with van der Waals surface area (Å²) in [6.07, 6.45) is 3.21. The number of likely N-dealkylation sites (tertiary alicyclic amines) is 1. The molecule has 0 spiro atoms. The smallest absolute Gasteiger partial charge is 0.223 e. The molecule has 2 aliphatic heterocycles. The lowest BCUT2D eigenvalue weighted by Crippen LogP contribution is -2.41. The van der Waals surface area contributed by atoms with E-state index in [1.54, 1.807) is 0 Å². The molecule has 2 saturated heterocycles. The summed E-state index contributed by atoms with van der Waals surface area (Å²) in [5.41, 5.74) is 0. The van der Waals surface area contributed by atoms with Crippen molar-refractivity contribution in [3.63, 3.8) is 0 Å². The highest BCUT2D eigenvalue weighted by Gasteiger charge is 2.35. The Morgan fingerprint density at radius 2 is 2.25 bits per heavy atom. The number of fused-ring (bicyclic) bond motifs is 1. The van der Waals surface area contributed by atoms with Gasteiger partial charge in [-0.3, -0.25) is 4.79 Å². The molecule has 2 aliphatic rings. The van der Waals surface area contributed by atoms with Gasteiger partial charge in [-0.1, -0.05) is 0 Å². The van der Waals surface area contributed by atoms with Crippen molar-refractivity contribution in [2.45, 2.75) is 25.3 Å². The number of carbonyl (C=O) groups excluding carboxylic acids is 1. The van der Waals surface area contributed by atoms with Crippen molar-refractivity contribution in [2.75, 3.05) is 40.3 Å². The summed E-state index contributed by atoms with van der Waals surface area (Å²) in [6, 6.07) is 0.567. The molecule has 0 bridgehead atoms. The zero-order chi connectivity index (χ0) is 11.5. The Morgan fingerprint density at radius 1 is 1.44 bits per heavy atom. The molecule has 2 fully saturated rings. The van der Waals surface area contributed by atoms with Crippen molar-refractivity contribution in [3.05, 3.63) is 0 Å². The van der Waals surface area contributed by atoms with Gasteiger partial charge in [-0.15, -0.1) is 0 Å². The minimum atomic E-state index is 0.324. The molecule has 1 amide bonds. The summed E-state index contributed by atoms with van der Waals surface area (Å²) in [5.74, 6) is 1.03. The highest BCUT2D eigenvalue weighted by Crippen LogP contribution is 2.25. The van der Waals surface area contributed by atoms with Crippen molar-refractivity contribution in [1.29, 1.82) is 0 Å². The minimum Gasteiger partial charge on any atom is -0.341 e. The van der Waals surface area contributed by atoms with E-state index in [0.717, 1.165) is 26.2 Å². The van der Waals surface area contributed by atoms with E-state index in [1.165, 1.54) is 12.8 Å². The van der Waals surface area contributed by atoms with Crippen molar-refractivity contribution >= 4 is 5.91 Å². The maximum Gasteiger partial charge on any atom is 0.223 e. The van der Waals surface area contributed by atoms with E-state index in [1.807, 2.05) is 14.1 Å². The van der Waals surface area contributed by atoms with Crippen LogP contribution in [0.4, 0.5) is 0 Å². The van der Waals surface area contributed by atoms with Gasteiger partial charge in [0.15, 0.2) is 0 Å². The van der Waals surface area contributed by atoms with Crippen LogP contribution in [-0.2, 0) is 4.79 Å². The summed E-state index contributed by atoms with van der Waals surface area (Å²) < 4.78 is 0. The molecule has 0 radical (unpaired) electrons. The highest BCUT2D eigenvalue weighted by atomic mass is 16.2. The second-order valence-electron chi connectivity index (χ2n) is 5.31. The fraction of sp³-hybridized carbons (Fsp3) is 0.917. The SMILES string of the molecule is CN(C)CCC(=O)N1C[C@@H]2CCCN[C@@H]2C1. The zero-order valence-electron chi connectivity index (χ0n) is 10.4. The number of amides is 1. The third-order valence-electron chi connectivity index (χ3n) is 3.72. The molecule has 4 nitrogen and oxygen atoms in total. The van der Waals surface area contributed by atoms with Crippen LogP contribution >= 0.6 is 0 Å². The first kappa shape index (κ1) is 11.9. The quantitative estimate of drug-likeness (QED) is 0.742. The lowest BCUT2D eigenvalue weighted by Gasteiger charge is -2.24. The van der Waals surface area contributed by atoms with Crippen LogP contribution < -0.4 is 5.32 Å². The number of nitrogens with one attached hydrogen (secondary N) is 1. The number of rotatable bonds is 3. The maximum atomic E-state index is 12.0. The van der Waals surface area contributed by atoms with Gasteiger partial charge in [-0.2, -0.15) is 0 Å². The first-order chi connectivity index (χ1) is 7.66. The zero-order valence-corrected chi connectivity index (χ0v) is 10.4. The Morgan fingerprint density at radius 3 is 2.94 bits per heavy atom. The van der Waals surface area contributed by atoms with E-state index in [0.29, 0.717) is 24.3 Å². The molecule has 4 heteroatoms. The van der Waals surface area contributed by atoms with Gasteiger partial charge < -0.3 is 15.1 Å². The van der Waals surface area contributed by atoms with Gasteiger partial charge in [0.2, 0.25) is 5.91 Å².